The van der Waals surface area contributed by atoms with Gasteiger partial charge in [0.15, 0.2) is 0 Å². The highest BCUT2D eigenvalue weighted by molar-refractivity contribution is 6.00. The predicted molar refractivity (Wildman–Crippen MR) is 149 cm³/mol. The van der Waals surface area contributed by atoms with E-state index in [4.69, 9.17) is 0 Å². The molecule has 1 saturated heterocycles. The van der Waals surface area contributed by atoms with Gasteiger partial charge in [0, 0.05) is 69.6 Å². The summed E-state index contributed by atoms with van der Waals surface area (Å²) in [6.45, 7) is 4.60. The lowest BCUT2D eigenvalue weighted by Crippen LogP contribution is -2.48. The number of fused-ring (bicyclic) bond motifs is 2. The normalized spacial score (nSPS) is 16.0. The molecule has 7 heteroatoms. The Bertz CT molecular complexity index is 1470. The molecule has 2 aromatic heterocycles. The molecular formula is C31H33N5O2. The predicted octanol–water partition coefficient (Wildman–Crippen LogP) is 4.05. The molecule has 6 rings (SSSR count). The lowest BCUT2D eigenvalue weighted by atomic mass is 10.0. The van der Waals surface area contributed by atoms with E-state index in [1.54, 1.807) is 6.20 Å². The number of hydrogen-bond acceptors (Lipinski definition) is 4. The standard InChI is InChI=1S/C31H33N5O2/c1-33-22-25(26-10-5-6-12-28(26)33)19-30(37)36-13-7-11-27-29(36)18-24(20-32-27)31(38)35-16-14-34(15-17-35)21-23-8-3-2-4-9-23/h2-6,8-10,12,18,20,22H,7,11,13-17,19,21H2,1H3. The van der Waals surface area contributed by atoms with Gasteiger partial charge in [-0.25, -0.2) is 0 Å². The molecule has 0 atom stereocenters. The molecular weight excluding hydrogens is 474 g/mol. The van der Waals surface area contributed by atoms with Crippen molar-refractivity contribution in [2.45, 2.75) is 25.8 Å². The van der Waals surface area contributed by atoms with Crippen molar-refractivity contribution in [2.24, 2.45) is 7.05 Å². The van der Waals surface area contributed by atoms with Crippen LogP contribution in [0.3, 0.4) is 0 Å². The van der Waals surface area contributed by atoms with E-state index >= 15 is 0 Å². The van der Waals surface area contributed by atoms with Crippen LogP contribution in [0.1, 0.15) is 33.6 Å². The largest absolute Gasteiger partial charge is 0.350 e. The van der Waals surface area contributed by atoms with E-state index in [1.165, 1.54) is 5.56 Å². The minimum Gasteiger partial charge on any atom is -0.350 e. The second kappa shape index (κ2) is 10.4. The Morgan fingerprint density at radius 2 is 1.68 bits per heavy atom. The van der Waals surface area contributed by atoms with Crippen LogP contribution in [0.2, 0.25) is 0 Å². The number of pyridine rings is 1. The first-order chi connectivity index (χ1) is 18.6. The molecule has 0 aliphatic carbocycles. The average Bonchev–Trinajstić information content (AvgIpc) is 3.27. The first-order valence-corrected chi connectivity index (χ1v) is 13.4. The maximum absolute atomic E-state index is 13.5. The van der Waals surface area contributed by atoms with E-state index in [-0.39, 0.29) is 11.8 Å². The molecule has 2 aliphatic rings. The lowest BCUT2D eigenvalue weighted by molar-refractivity contribution is -0.118. The molecule has 2 amide bonds. The van der Waals surface area contributed by atoms with Crippen LogP contribution >= 0.6 is 0 Å². The average molecular weight is 508 g/mol. The highest BCUT2D eigenvalue weighted by Gasteiger charge is 2.28. The van der Waals surface area contributed by atoms with Gasteiger partial charge in [0.2, 0.25) is 5.91 Å². The summed E-state index contributed by atoms with van der Waals surface area (Å²) in [4.78, 5) is 37.7. The number of piperazine rings is 1. The Hall–Kier alpha value is -3.97. The highest BCUT2D eigenvalue weighted by atomic mass is 16.2. The third kappa shape index (κ3) is 4.82. The van der Waals surface area contributed by atoms with Gasteiger partial charge in [-0.15, -0.1) is 0 Å². The quantitative estimate of drug-likeness (QED) is 0.409. The van der Waals surface area contributed by atoms with Crippen molar-refractivity contribution in [2.75, 3.05) is 37.6 Å². The van der Waals surface area contributed by atoms with E-state index in [0.717, 1.165) is 60.3 Å². The molecule has 0 saturated carbocycles. The molecule has 2 aromatic carbocycles. The van der Waals surface area contributed by atoms with Crippen molar-refractivity contribution in [3.63, 3.8) is 0 Å². The smallest absolute Gasteiger partial charge is 0.255 e. The monoisotopic (exact) mass is 507 g/mol. The number of para-hydroxylation sites is 1. The van der Waals surface area contributed by atoms with Crippen LogP contribution in [0.5, 0.6) is 0 Å². The third-order valence-corrected chi connectivity index (χ3v) is 7.81. The summed E-state index contributed by atoms with van der Waals surface area (Å²) in [7, 11) is 2.01. The Kier molecular flexibility index (Phi) is 6.68. The van der Waals surface area contributed by atoms with Gasteiger partial charge in [-0.05, 0) is 36.1 Å². The van der Waals surface area contributed by atoms with E-state index in [1.807, 2.05) is 47.3 Å². The number of anilines is 1. The number of amides is 2. The summed E-state index contributed by atoms with van der Waals surface area (Å²) in [6.07, 6.45) is 5.75. The highest BCUT2D eigenvalue weighted by Crippen LogP contribution is 2.29. The fourth-order valence-electron chi connectivity index (χ4n) is 5.77. The van der Waals surface area contributed by atoms with Crippen LogP contribution in [0.15, 0.2) is 73.1 Å². The zero-order chi connectivity index (χ0) is 26.1. The molecule has 194 valence electrons. The minimum atomic E-state index is -0.00770. The second-order valence-electron chi connectivity index (χ2n) is 10.4. The molecule has 0 bridgehead atoms. The molecule has 4 aromatic rings. The van der Waals surface area contributed by atoms with Crippen LogP contribution in [0.25, 0.3) is 10.9 Å². The Morgan fingerprint density at radius 1 is 0.921 bits per heavy atom. The van der Waals surface area contributed by atoms with Gasteiger partial charge in [-0.1, -0.05) is 48.5 Å². The van der Waals surface area contributed by atoms with Gasteiger partial charge < -0.3 is 14.4 Å². The van der Waals surface area contributed by atoms with Gasteiger partial charge in [-0.3, -0.25) is 19.5 Å². The van der Waals surface area contributed by atoms with Crippen molar-refractivity contribution in [1.29, 1.82) is 0 Å². The Labute approximate surface area is 223 Å². The van der Waals surface area contributed by atoms with Crippen molar-refractivity contribution < 1.29 is 9.59 Å². The van der Waals surface area contributed by atoms with Crippen molar-refractivity contribution in [3.05, 3.63) is 95.4 Å². The zero-order valence-corrected chi connectivity index (χ0v) is 21.8. The Morgan fingerprint density at radius 3 is 2.50 bits per heavy atom. The molecule has 0 unspecified atom stereocenters. The fraction of sp³-hybridized carbons (Fsp3) is 0.323. The summed E-state index contributed by atoms with van der Waals surface area (Å²) < 4.78 is 2.07. The third-order valence-electron chi connectivity index (χ3n) is 7.81. The number of benzene rings is 2. The van der Waals surface area contributed by atoms with Gasteiger partial charge in [0.05, 0.1) is 23.4 Å². The number of rotatable bonds is 5. The van der Waals surface area contributed by atoms with Crippen LogP contribution in [-0.2, 0) is 31.2 Å². The Balaban J connectivity index is 1.16. The maximum Gasteiger partial charge on any atom is 0.255 e. The summed E-state index contributed by atoms with van der Waals surface area (Å²) in [5, 5.41) is 1.11. The molecule has 38 heavy (non-hydrogen) atoms. The number of aromatic nitrogens is 2. The number of hydrogen-bond donors (Lipinski definition) is 0. The second-order valence-corrected chi connectivity index (χ2v) is 10.4. The van der Waals surface area contributed by atoms with Crippen molar-refractivity contribution in [1.82, 2.24) is 19.4 Å². The van der Waals surface area contributed by atoms with Crippen molar-refractivity contribution in [3.8, 4) is 0 Å². The fourth-order valence-corrected chi connectivity index (χ4v) is 5.77. The summed E-state index contributed by atoms with van der Waals surface area (Å²) >= 11 is 0. The number of carbonyl (C=O) groups excluding carboxylic acids is 2. The van der Waals surface area contributed by atoms with Gasteiger partial charge >= 0.3 is 0 Å². The summed E-state index contributed by atoms with van der Waals surface area (Å²) in [6, 6.07) is 20.5. The van der Waals surface area contributed by atoms with Gasteiger partial charge in [0.25, 0.3) is 5.91 Å². The number of carbonyl (C=O) groups is 2. The first-order valence-electron chi connectivity index (χ1n) is 13.4. The van der Waals surface area contributed by atoms with E-state index in [9.17, 15) is 9.59 Å². The van der Waals surface area contributed by atoms with Crippen LogP contribution < -0.4 is 4.90 Å². The van der Waals surface area contributed by atoms with Gasteiger partial charge in [0.1, 0.15) is 0 Å². The molecule has 0 spiro atoms. The van der Waals surface area contributed by atoms with Gasteiger partial charge in [-0.2, -0.15) is 0 Å². The molecule has 0 radical (unpaired) electrons. The topological polar surface area (TPSA) is 61.7 Å². The van der Waals surface area contributed by atoms with Crippen molar-refractivity contribution >= 4 is 28.4 Å². The molecule has 7 nitrogen and oxygen atoms in total. The number of aryl methyl sites for hydroxylation is 2. The van der Waals surface area contributed by atoms with Crippen LogP contribution in [0, 0.1) is 0 Å². The first kappa shape index (κ1) is 24.4. The molecule has 1 fully saturated rings. The zero-order valence-electron chi connectivity index (χ0n) is 21.8. The molecule has 0 N–H and O–H groups in total. The SMILES string of the molecule is Cn1cc(CC(=O)N2CCCc3ncc(C(=O)N4CCN(Cc5ccccc5)CC4)cc32)c2ccccc21. The van der Waals surface area contributed by atoms with E-state index in [2.05, 4.69) is 50.8 Å². The van der Waals surface area contributed by atoms with E-state index < -0.39 is 0 Å². The number of nitrogens with zero attached hydrogens (tertiary/aromatic N) is 5. The molecule has 4 heterocycles. The van der Waals surface area contributed by atoms with Crippen LogP contribution in [0.4, 0.5) is 5.69 Å². The molecule has 2 aliphatic heterocycles. The summed E-state index contributed by atoms with van der Waals surface area (Å²) in [5.41, 5.74) is 5.67. The van der Waals surface area contributed by atoms with E-state index in [0.29, 0.717) is 31.6 Å². The minimum absolute atomic E-state index is 0.00770. The lowest BCUT2D eigenvalue weighted by Gasteiger charge is -2.35. The summed E-state index contributed by atoms with van der Waals surface area (Å²) in [5.74, 6) is 0.0370. The van der Waals surface area contributed by atoms with Crippen LogP contribution in [-0.4, -0.2) is 63.9 Å². The maximum atomic E-state index is 13.5.